The van der Waals surface area contributed by atoms with Crippen LogP contribution in [-0.2, 0) is 4.79 Å². The molecular weight excluding hydrogens is 460 g/mol. The van der Waals surface area contributed by atoms with E-state index in [4.69, 9.17) is 0 Å². The molecule has 1 aliphatic rings. The second-order valence-corrected chi connectivity index (χ2v) is 9.03. The summed E-state index contributed by atoms with van der Waals surface area (Å²) < 4.78 is 41.4. The van der Waals surface area contributed by atoms with Gasteiger partial charge in [0.2, 0.25) is 0 Å². The summed E-state index contributed by atoms with van der Waals surface area (Å²) in [6.07, 6.45) is 5.40. The van der Waals surface area contributed by atoms with Gasteiger partial charge in [-0.1, -0.05) is 36.9 Å². The maximum atomic E-state index is 13.8. The molecule has 0 spiro atoms. The summed E-state index contributed by atoms with van der Waals surface area (Å²) in [5, 5.41) is 2.08. The highest BCUT2D eigenvalue weighted by atomic mass is 31.0. The molecule has 0 bridgehead atoms. The van der Waals surface area contributed by atoms with E-state index in [0.717, 1.165) is 25.9 Å². The molecule has 1 N–H and O–H groups in total. The lowest BCUT2D eigenvalue weighted by Crippen LogP contribution is -2.39. The van der Waals surface area contributed by atoms with Gasteiger partial charge in [-0.2, -0.15) is 13.2 Å². The minimum Gasteiger partial charge on any atom is -0.371 e. The number of rotatable bonds is 8. The third-order valence-electron chi connectivity index (χ3n) is 5.44. The maximum Gasteiger partial charge on any atom is 0.414 e. The molecule has 9 heteroatoms. The Labute approximate surface area is 201 Å². The Morgan fingerprint density at radius 3 is 2.53 bits per heavy atom. The zero-order valence-corrected chi connectivity index (χ0v) is 20.9. The quantitative estimate of drug-likeness (QED) is 0.225. The Hall–Kier alpha value is -2.73. The third-order valence-corrected chi connectivity index (χ3v) is 6.11. The van der Waals surface area contributed by atoms with Crippen molar-refractivity contribution in [2.45, 2.75) is 51.5 Å². The van der Waals surface area contributed by atoms with Gasteiger partial charge in [-0.25, -0.2) is 4.99 Å². The van der Waals surface area contributed by atoms with Crippen molar-refractivity contribution in [2.24, 2.45) is 4.99 Å². The molecule has 2 atom stereocenters. The fourth-order valence-electron chi connectivity index (χ4n) is 3.41. The lowest BCUT2D eigenvalue weighted by atomic mass is 10.1. The fraction of sp³-hybridized carbons (Fsp3) is 0.400. The topological polar surface area (TPSA) is 57.6 Å². The number of hydrogen-bond donors (Lipinski definition) is 1. The molecule has 0 aromatic carbocycles. The second-order valence-electron chi connectivity index (χ2n) is 8.09. The summed E-state index contributed by atoms with van der Waals surface area (Å²) in [7, 11) is 2.83. The number of aliphatic imine (C=N–C) groups is 1. The Morgan fingerprint density at radius 2 is 1.97 bits per heavy atom. The fourth-order valence-corrected chi connectivity index (χ4v) is 3.71. The van der Waals surface area contributed by atoms with Crippen LogP contribution in [0.2, 0.25) is 0 Å². The van der Waals surface area contributed by atoms with Crippen molar-refractivity contribution >= 4 is 20.9 Å². The summed E-state index contributed by atoms with van der Waals surface area (Å²) >= 11 is 0. The molecular formula is C25H32F3N4OP. The summed E-state index contributed by atoms with van der Waals surface area (Å²) in [5.41, 5.74) is 1.71. The van der Waals surface area contributed by atoms with Crippen LogP contribution < -0.4 is 5.32 Å². The van der Waals surface area contributed by atoms with E-state index in [1.54, 1.807) is 38.2 Å². The summed E-state index contributed by atoms with van der Waals surface area (Å²) in [5.74, 6) is -0.938. The van der Waals surface area contributed by atoms with Crippen molar-refractivity contribution < 1.29 is 18.0 Å². The first-order valence-corrected chi connectivity index (χ1v) is 11.7. The lowest BCUT2D eigenvalue weighted by Gasteiger charge is -2.33. The number of allylic oxidation sites excluding steroid dienone is 6. The van der Waals surface area contributed by atoms with Crippen molar-refractivity contribution in [3.63, 3.8) is 0 Å². The highest BCUT2D eigenvalue weighted by molar-refractivity contribution is 7.17. The van der Waals surface area contributed by atoms with E-state index in [-0.39, 0.29) is 11.4 Å². The molecule has 2 unspecified atom stereocenters. The van der Waals surface area contributed by atoms with Gasteiger partial charge in [-0.05, 0) is 57.0 Å². The van der Waals surface area contributed by atoms with Gasteiger partial charge in [0.1, 0.15) is 5.70 Å². The number of carbonyl (C=O) groups is 1. The van der Waals surface area contributed by atoms with E-state index in [0.29, 0.717) is 22.6 Å². The minimum atomic E-state index is -4.73. The van der Waals surface area contributed by atoms with Crippen molar-refractivity contribution in [1.29, 1.82) is 0 Å². The van der Waals surface area contributed by atoms with Gasteiger partial charge in [0.15, 0.2) is 6.04 Å². The number of carbonyl (C=O) groups excluding carboxylic acids is 1. The van der Waals surface area contributed by atoms with Crippen molar-refractivity contribution in [1.82, 2.24) is 15.2 Å². The van der Waals surface area contributed by atoms with E-state index in [2.05, 4.69) is 36.0 Å². The summed E-state index contributed by atoms with van der Waals surface area (Å²) in [6, 6.07) is 1.93. The van der Waals surface area contributed by atoms with Crippen LogP contribution in [-0.4, -0.2) is 46.4 Å². The number of halogens is 3. The molecule has 2 heterocycles. The van der Waals surface area contributed by atoms with Crippen LogP contribution in [0.15, 0.2) is 77.2 Å². The monoisotopic (exact) mass is 492 g/mol. The zero-order valence-electron chi connectivity index (χ0n) is 19.8. The molecule has 1 aliphatic heterocycles. The van der Waals surface area contributed by atoms with E-state index < -0.39 is 18.1 Å². The van der Waals surface area contributed by atoms with Gasteiger partial charge >= 0.3 is 6.18 Å². The van der Waals surface area contributed by atoms with E-state index in [1.165, 1.54) is 24.4 Å². The van der Waals surface area contributed by atoms with Crippen LogP contribution in [0, 0.1) is 0 Å². The number of alkyl halides is 3. The van der Waals surface area contributed by atoms with Crippen LogP contribution in [0.4, 0.5) is 13.2 Å². The molecule has 0 radical (unpaired) electrons. The SMILES string of the molecule is C=C(C(C)=N/C(C(=O)NC(c1ccccn1)C(F)(F)F)=C(C)/C=C\C=C/C)N1CCC(P)CC1. The molecule has 2 rings (SSSR count). The van der Waals surface area contributed by atoms with Crippen LogP contribution in [0.3, 0.4) is 0 Å². The molecule has 1 aromatic heterocycles. The molecule has 1 saturated heterocycles. The Balaban J connectivity index is 2.39. The van der Waals surface area contributed by atoms with Gasteiger partial charge in [0.05, 0.1) is 17.1 Å². The number of aromatic nitrogens is 1. The lowest BCUT2D eigenvalue weighted by molar-refractivity contribution is -0.163. The first-order valence-electron chi connectivity index (χ1n) is 11.1. The number of hydrogen-bond acceptors (Lipinski definition) is 4. The van der Waals surface area contributed by atoms with Crippen molar-refractivity contribution in [3.05, 3.63) is 77.9 Å². The molecule has 5 nitrogen and oxygen atoms in total. The Morgan fingerprint density at radius 1 is 1.29 bits per heavy atom. The van der Waals surface area contributed by atoms with Crippen molar-refractivity contribution in [2.75, 3.05) is 13.1 Å². The highest BCUT2D eigenvalue weighted by Crippen LogP contribution is 2.32. The number of piperidine rings is 1. The van der Waals surface area contributed by atoms with Crippen LogP contribution in [0.5, 0.6) is 0 Å². The van der Waals surface area contributed by atoms with Gasteiger partial charge in [0.25, 0.3) is 5.91 Å². The van der Waals surface area contributed by atoms with Gasteiger partial charge in [-0.3, -0.25) is 9.78 Å². The van der Waals surface area contributed by atoms with E-state index in [9.17, 15) is 18.0 Å². The summed E-state index contributed by atoms with van der Waals surface area (Å²) in [6.45, 7) is 10.9. The minimum absolute atomic E-state index is 0.106. The van der Waals surface area contributed by atoms with Crippen LogP contribution in [0.25, 0.3) is 0 Å². The van der Waals surface area contributed by atoms with Crippen molar-refractivity contribution in [3.8, 4) is 0 Å². The van der Waals surface area contributed by atoms with E-state index >= 15 is 0 Å². The van der Waals surface area contributed by atoms with Crippen LogP contribution in [0.1, 0.15) is 45.3 Å². The maximum absolute atomic E-state index is 13.8. The normalized spacial score (nSPS) is 17.7. The van der Waals surface area contributed by atoms with Gasteiger partial charge < -0.3 is 10.2 Å². The number of pyridine rings is 1. The average Bonchev–Trinajstić information content (AvgIpc) is 2.80. The molecule has 0 saturated carbocycles. The largest absolute Gasteiger partial charge is 0.414 e. The van der Waals surface area contributed by atoms with Gasteiger partial charge in [-0.15, -0.1) is 9.24 Å². The standard InChI is InChI=1S/C25H32F3N4OP/c1-5-6-7-10-17(2)22(30-18(3)19(4)32-15-12-20(34)13-16-32)24(33)31-23(25(26,27)28)21-11-8-9-14-29-21/h5-11,14,20,23H,4,12-13,15-16,34H2,1-3H3,(H,31,33)/b6-5-,10-7-,22-17+,30-18?. The zero-order chi connectivity index (χ0) is 25.3. The smallest absolute Gasteiger partial charge is 0.371 e. The molecule has 184 valence electrons. The number of amides is 1. The Kier molecular flexibility index (Phi) is 10.2. The molecule has 1 fully saturated rings. The number of nitrogens with one attached hydrogen (secondary N) is 1. The molecule has 0 aliphatic carbocycles. The predicted octanol–water partition coefficient (Wildman–Crippen LogP) is 5.52. The molecule has 34 heavy (non-hydrogen) atoms. The average molecular weight is 493 g/mol. The Bertz CT molecular complexity index is 976. The molecule has 1 amide bonds. The molecule has 1 aromatic rings. The highest BCUT2D eigenvalue weighted by Gasteiger charge is 2.43. The van der Waals surface area contributed by atoms with E-state index in [1.807, 2.05) is 6.92 Å². The first-order chi connectivity index (χ1) is 16.0. The number of likely N-dealkylation sites (tertiary alicyclic amines) is 1. The third kappa shape index (κ3) is 7.94. The second kappa shape index (κ2) is 12.7. The summed E-state index contributed by atoms with van der Waals surface area (Å²) in [4.78, 5) is 23.5. The number of nitrogens with zero attached hydrogens (tertiary/aromatic N) is 3. The van der Waals surface area contributed by atoms with Gasteiger partial charge in [0, 0.05) is 19.3 Å². The first kappa shape index (κ1) is 27.5. The van der Waals surface area contributed by atoms with Crippen LogP contribution >= 0.6 is 9.24 Å². The predicted molar refractivity (Wildman–Crippen MR) is 134 cm³/mol.